The van der Waals surface area contributed by atoms with Crippen molar-refractivity contribution in [3.63, 3.8) is 0 Å². The van der Waals surface area contributed by atoms with E-state index in [9.17, 15) is 0 Å². The largest absolute Gasteiger partial charge is 0.488 e. The first-order valence-corrected chi connectivity index (χ1v) is 8.40. The van der Waals surface area contributed by atoms with E-state index in [4.69, 9.17) is 9.47 Å². The Morgan fingerprint density at radius 1 is 1.15 bits per heavy atom. The second-order valence-electron chi connectivity index (χ2n) is 4.72. The van der Waals surface area contributed by atoms with Gasteiger partial charge in [0.05, 0.1) is 4.47 Å². The molecule has 0 amide bonds. The van der Waals surface area contributed by atoms with Crippen molar-refractivity contribution in [3.05, 3.63) is 58.1 Å². The van der Waals surface area contributed by atoms with Crippen molar-refractivity contribution in [1.82, 2.24) is 0 Å². The highest BCUT2D eigenvalue weighted by molar-refractivity contribution is 9.10. The third kappa shape index (κ3) is 2.86. The highest BCUT2D eigenvalue weighted by Gasteiger charge is 2.23. The SMILES string of the molecule is BrCc1cccc(Br)c1OCC1Cc2ccccc2O1. The van der Waals surface area contributed by atoms with Crippen molar-refractivity contribution in [1.29, 1.82) is 0 Å². The van der Waals surface area contributed by atoms with Gasteiger partial charge in [0.25, 0.3) is 0 Å². The van der Waals surface area contributed by atoms with Crippen molar-refractivity contribution in [2.45, 2.75) is 17.9 Å². The Labute approximate surface area is 135 Å². The maximum absolute atomic E-state index is 5.97. The number of para-hydroxylation sites is 2. The van der Waals surface area contributed by atoms with E-state index < -0.39 is 0 Å². The van der Waals surface area contributed by atoms with Gasteiger partial charge in [0.1, 0.15) is 24.2 Å². The zero-order valence-electron chi connectivity index (χ0n) is 10.8. The number of halogens is 2. The second kappa shape index (κ2) is 6.19. The predicted octanol–water partition coefficient (Wildman–Crippen LogP) is 4.73. The molecule has 2 nitrogen and oxygen atoms in total. The van der Waals surface area contributed by atoms with E-state index in [-0.39, 0.29) is 6.10 Å². The topological polar surface area (TPSA) is 18.5 Å². The smallest absolute Gasteiger partial charge is 0.137 e. The highest BCUT2D eigenvalue weighted by Crippen LogP contribution is 2.32. The minimum absolute atomic E-state index is 0.0858. The molecule has 0 N–H and O–H groups in total. The van der Waals surface area contributed by atoms with Crippen LogP contribution in [0.15, 0.2) is 46.9 Å². The van der Waals surface area contributed by atoms with Gasteiger partial charge in [0.2, 0.25) is 0 Å². The Kier molecular flexibility index (Phi) is 4.32. The van der Waals surface area contributed by atoms with Crippen molar-refractivity contribution in [2.24, 2.45) is 0 Å². The Morgan fingerprint density at radius 3 is 2.80 bits per heavy atom. The van der Waals surface area contributed by atoms with Gasteiger partial charge in [-0.25, -0.2) is 0 Å². The van der Waals surface area contributed by atoms with E-state index in [1.807, 2.05) is 30.3 Å². The van der Waals surface area contributed by atoms with Gasteiger partial charge in [-0.1, -0.05) is 46.3 Å². The standard InChI is InChI=1S/C16H14Br2O2/c17-9-12-5-3-6-14(18)16(12)19-10-13-8-11-4-1-2-7-15(11)20-13/h1-7,13H,8-10H2. The van der Waals surface area contributed by atoms with Crippen LogP contribution in [-0.2, 0) is 11.8 Å². The van der Waals surface area contributed by atoms with E-state index >= 15 is 0 Å². The molecule has 1 unspecified atom stereocenters. The Balaban J connectivity index is 1.67. The summed E-state index contributed by atoms with van der Waals surface area (Å²) in [5, 5.41) is 0.771. The highest BCUT2D eigenvalue weighted by atomic mass is 79.9. The number of hydrogen-bond acceptors (Lipinski definition) is 2. The molecule has 1 aliphatic rings. The van der Waals surface area contributed by atoms with Crippen LogP contribution in [0, 0.1) is 0 Å². The summed E-state index contributed by atoms with van der Waals surface area (Å²) in [6.07, 6.45) is 0.993. The maximum Gasteiger partial charge on any atom is 0.137 e. The van der Waals surface area contributed by atoms with Crippen LogP contribution in [0.2, 0.25) is 0 Å². The molecule has 1 heterocycles. The van der Waals surface area contributed by atoms with E-state index in [2.05, 4.69) is 44.0 Å². The Hall–Kier alpha value is -1.00. The molecular formula is C16H14Br2O2. The molecular weight excluding hydrogens is 384 g/mol. The summed E-state index contributed by atoms with van der Waals surface area (Å²) in [6, 6.07) is 14.2. The Bertz CT molecular complexity index is 588. The average Bonchev–Trinajstić information content (AvgIpc) is 2.88. The molecule has 2 aromatic carbocycles. The average molecular weight is 398 g/mol. The van der Waals surface area contributed by atoms with Gasteiger partial charge < -0.3 is 9.47 Å². The summed E-state index contributed by atoms with van der Waals surface area (Å²) in [6.45, 7) is 0.553. The fraction of sp³-hybridized carbons (Fsp3) is 0.250. The lowest BCUT2D eigenvalue weighted by molar-refractivity contribution is 0.147. The van der Waals surface area contributed by atoms with Crippen molar-refractivity contribution in [3.8, 4) is 11.5 Å². The summed E-state index contributed by atoms with van der Waals surface area (Å²) >= 11 is 7.03. The molecule has 0 saturated heterocycles. The first-order chi connectivity index (χ1) is 9.78. The minimum Gasteiger partial charge on any atom is -0.488 e. The number of fused-ring (bicyclic) bond motifs is 1. The van der Waals surface area contributed by atoms with Crippen molar-refractivity contribution in [2.75, 3.05) is 6.61 Å². The third-order valence-corrected chi connectivity index (χ3v) is 4.55. The second-order valence-corrected chi connectivity index (χ2v) is 6.14. The van der Waals surface area contributed by atoms with Gasteiger partial charge in [0, 0.05) is 17.3 Å². The minimum atomic E-state index is 0.0858. The summed E-state index contributed by atoms with van der Waals surface area (Å²) in [4.78, 5) is 0. The molecule has 104 valence electrons. The van der Waals surface area contributed by atoms with Crippen LogP contribution in [0.25, 0.3) is 0 Å². The van der Waals surface area contributed by atoms with Gasteiger partial charge in [-0.2, -0.15) is 0 Å². The number of ether oxygens (including phenoxy) is 2. The van der Waals surface area contributed by atoms with E-state index in [0.29, 0.717) is 6.61 Å². The fourth-order valence-corrected chi connectivity index (χ4v) is 3.31. The summed E-state index contributed by atoms with van der Waals surface area (Å²) < 4.78 is 12.8. The molecule has 0 aliphatic carbocycles. The third-order valence-electron chi connectivity index (χ3n) is 3.32. The monoisotopic (exact) mass is 396 g/mol. The molecule has 20 heavy (non-hydrogen) atoms. The van der Waals surface area contributed by atoms with Gasteiger partial charge in [-0.3, -0.25) is 0 Å². The van der Waals surface area contributed by atoms with Crippen molar-refractivity contribution < 1.29 is 9.47 Å². The summed E-state index contributed by atoms with van der Waals surface area (Å²) in [5.41, 5.74) is 2.39. The van der Waals surface area contributed by atoms with Gasteiger partial charge in [0.15, 0.2) is 0 Å². The van der Waals surface area contributed by atoms with Crippen LogP contribution in [0.5, 0.6) is 11.5 Å². The lowest BCUT2D eigenvalue weighted by atomic mass is 10.1. The van der Waals surface area contributed by atoms with E-state index in [1.54, 1.807) is 0 Å². The lowest BCUT2D eigenvalue weighted by Crippen LogP contribution is -2.22. The van der Waals surface area contributed by atoms with Crippen LogP contribution >= 0.6 is 31.9 Å². The number of benzene rings is 2. The molecule has 0 radical (unpaired) electrons. The van der Waals surface area contributed by atoms with E-state index in [1.165, 1.54) is 5.56 Å². The number of rotatable bonds is 4. The molecule has 4 heteroatoms. The van der Waals surface area contributed by atoms with Crippen LogP contribution in [0.4, 0.5) is 0 Å². The molecule has 0 bridgehead atoms. The zero-order chi connectivity index (χ0) is 13.9. The molecule has 0 saturated carbocycles. The Morgan fingerprint density at radius 2 is 2.00 bits per heavy atom. The molecule has 0 aromatic heterocycles. The van der Waals surface area contributed by atoms with Gasteiger partial charge >= 0.3 is 0 Å². The maximum atomic E-state index is 5.97. The molecule has 1 atom stereocenters. The number of hydrogen-bond donors (Lipinski definition) is 0. The van der Waals surface area contributed by atoms with Crippen molar-refractivity contribution >= 4 is 31.9 Å². The van der Waals surface area contributed by atoms with E-state index in [0.717, 1.165) is 33.3 Å². The van der Waals surface area contributed by atoms with Crippen LogP contribution in [0.3, 0.4) is 0 Å². The molecule has 1 aliphatic heterocycles. The quantitative estimate of drug-likeness (QED) is 0.694. The van der Waals surface area contributed by atoms with Crippen LogP contribution in [-0.4, -0.2) is 12.7 Å². The van der Waals surface area contributed by atoms with Gasteiger partial charge in [-0.15, -0.1) is 0 Å². The first kappa shape index (κ1) is 14.0. The van der Waals surface area contributed by atoms with Crippen LogP contribution < -0.4 is 9.47 Å². The molecule has 0 spiro atoms. The first-order valence-electron chi connectivity index (χ1n) is 6.48. The summed E-state index contributed by atoms with van der Waals surface area (Å²) in [7, 11) is 0. The van der Waals surface area contributed by atoms with Crippen LogP contribution in [0.1, 0.15) is 11.1 Å². The fourth-order valence-electron chi connectivity index (χ4n) is 2.34. The van der Waals surface area contributed by atoms with Gasteiger partial charge in [-0.05, 0) is 33.6 Å². The number of alkyl halides is 1. The lowest BCUT2D eigenvalue weighted by Gasteiger charge is -2.15. The molecule has 0 fully saturated rings. The predicted molar refractivity (Wildman–Crippen MR) is 86.8 cm³/mol. The zero-order valence-corrected chi connectivity index (χ0v) is 14.0. The molecule has 2 aromatic rings. The normalized spacial score (nSPS) is 16.6. The molecule has 3 rings (SSSR count). The summed E-state index contributed by atoms with van der Waals surface area (Å²) in [5.74, 6) is 1.87.